The van der Waals surface area contributed by atoms with E-state index in [4.69, 9.17) is 5.26 Å². The largest absolute Gasteiger partial charge is 0.381 e. The summed E-state index contributed by atoms with van der Waals surface area (Å²) in [4.78, 5) is 16.4. The normalized spacial score (nSPS) is 14.2. The lowest BCUT2D eigenvalue weighted by Gasteiger charge is -2.13. The average Bonchev–Trinajstić information content (AvgIpc) is 3.09. The monoisotopic (exact) mass is 306 g/mol. The van der Waals surface area contributed by atoms with Crippen LogP contribution in [0.4, 0.5) is 11.4 Å². The van der Waals surface area contributed by atoms with Crippen molar-refractivity contribution >= 4 is 17.3 Å². The van der Waals surface area contributed by atoms with Gasteiger partial charge in [0.25, 0.3) is 5.91 Å². The number of carbonyl (C=O) groups excluding carboxylic acids is 1. The third kappa shape index (κ3) is 3.67. The molecule has 0 atom stereocenters. The number of amides is 1. The van der Waals surface area contributed by atoms with Crippen molar-refractivity contribution in [1.29, 1.82) is 5.26 Å². The first kappa shape index (κ1) is 15.0. The molecule has 0 saturated heterocycles. The standard InChI is InChI=1S/C18H18N4O/c19-11-13-5-1-4-8-16(13)22-18(23)17-10-9-15(12-20-17)21-14-6-2-3-7-14/h1,4-5,8-10,12,14,21H,2-3,6-7H2,(H,22,23). The van der Waals surface area contributed by atoms with Crippen LogP contribution in [0.15, 0.2) is 42.6 Å². The molecule has 1 aliphatic carbocycles. The van der Waals surface area contributed by atoms with Crippen LogP contribution in [0.1, 0.15) is 41.7 Å². The molecule has 116 valence electrons. The Balaban J connectivity index is 1.66. The van der Waals surface area contributed by atoms with Crippen LogP contribution in [-0.2, 0) is 0 Å². The van der Waals surface area contributed by atoms with Gasteiger partial charge in [0.2, 0.25) is 0 Å². The number of hydrogen-bond acceptors (Lipinski definition) is 4. The molecule has 1 heterocycles. The van der Waals surface area contributed by atoms with Crippen LogP contribution < -0.4 is 10.6 Å². The molecule has 1 fully saturated rings. The van der Waals surface area contributed by atoms with Gasteiger partial charge in [-0.15, -0.1) is 0 Å². The lowest BCUT2D eigenvalue weighted by atomic mass is 10.2. The minimum atomic E-state index is -0.319. The highest BCUT2D eigenvalue weighted by Gasteiger charge is 2.15. The summed E-state index contributed by atoms with van der Waals surface area (Å²) in [5.74, 6) is -0.319. The fourth-order valence-corrected chi connectivity index (χ4v) is 2.80. The lowest BCUT2D eigenvalue weighted by molar-refractivity contribution is 0.102. The molecule has 2 aromatic rings. The van der Waals surface area contributed by atoms with Gasteiger partial charge in [0, 0.05) is 6.04 Å². The molecule has 23 heavy (non-hydrogen) atoms. The molecule has 0 spiro atoms. The van der Waals surface area contributed by atoms with Crippen molar-refractivity contribution in [3.8, 4) is 6.07 Å². The number of nitrogens with one attached hydrogen (secondary N) is 2. The van der Waals surface area contributed by atoms with Crippen molar-refractivity contribution in [3.63, 3.8) is 0 Å². The van der Waals surface area contributed by atoms with E-state index in [1.54, 1.807) is 36.5 Å². The number of anilines is 2. The Hall–Kier alpha value is -2.87. The van der Waals surface area contributed by atoms with Crippen LogP contribution in [-0.4, -0.2) is 16.9 Å². The Morgan fingerprint density at radius 3 is 2.65 bits per heavy atom. The van der Waals surface area contributed by atoms with Gasteiger partial charge in [-0.25, -0.2) is 4.98 Å². The number of nitrogens with zero attached hydrogens (tertiary/aromatic N) is 2. The number of rotatable bonds is 4. The molecule has 0 radical (unpaired) electrons. The Morgan fingerprint density at radius 2 is 1.96 bits per heavy atom. The van der Waals surface area contributed by atoms with E-state index in [-0.39, 0.29) is 5.91 Å². The second-order valence-corrected chi connectivity index (χ2v) is 5.67. The predicted octanol–water partition coefficient (Wildman–Crippen LogP) is 3.56. The average molecular weight is 306 g/mol. The van der Waals surface area contributed by atoms with Gasteiger partial charge in [-0.1, -0.05) is 25.0 Å². The highest BCUT2D eigenvalue weighted by molar-refractivity contribution is 6.03. The van der Waals surface area contributed by atoms with E-state index >= 15 is 0 Å². The molecule has 1 saturated carbocycles. The highest BCUT2D eigenvalue weighted by Crippen LogP contribution is 2.22. The van der Waals surface area contributed by atoms with E-state index in [2.05, 4.69) is 21.7 Å². The molecule has 2 N–H and O–H groups in total. The Bertz CT molecular complexity index is 727. The van der Waals surface area contributed by atoms with E-state index in [0.29, 0.717) is 23.0 Å². The zero-order valence-corrected chi connectivity index (χ0v) is 12.7. The van der Waals surface area contributed by atoms with Crippen molar-refractivity contribution in [2.24, 2.45) is 0 Å². The molecule has 3 rings (SSSR count). The van der Waals surface area contributed by atoms with Crippen molar-refractivity contribution in [1.82, 2.24) is 4.98 Å². The van der Waals surface area contributed by atoms with Gasteiger partial charge < -0.3 is 10.6 Å². The smallest absolute Gasteiger partial charge is 0.274 e. The molecule has 0 aliphatic heterocycles. The highest BCUT2D eigenvalue weighted by atomic mass is 16.1. The molecular weight excluding hydrogens is 288 g/mol. The number of pyridine rings is 1. The molecule has 1 aromatic carbocycles. The number of para-hydroxylation sites is 1. The zero-order valence-electron chi connectivity index (χ0n) is 12.7. The molecular formula is C18H18N4O. The molecule has 0 unspecified atom stereocenters. The Labute approximate surface area is 135 Å². The summed E-state index contributed by atoms with van der Waals surface area (Å²) >= 11 is 0. The first-order valence-electron chi connectivity index (χ1n) is 7.79. The maximum absolute atomic E-state index is 12.2. The van der Waals surface area contributed by atoms with Gasteiger partial charge in [0.15, 0.2) is 0 Å². The van der Waals surface area contributed by atoms with Crippen LogP contribution in [0, 0.1) is 11.3 Å². The van der Waals surface area contributed by atoms with Gasteiger partial charge in [0.05, 0.1) is 23.1 Å². The topological polar surface area (TPSA) is 77.8 Å². The third-order valence-electron chi connectivity index (χ3n) is 4.02. The number of benzene rings is 1. The second kappa shape index (κ2) is 6.93. The van der Waals surface area contributed by atoms with Crippen molar-refractivity contribution in [3.05, 3.63) is 53.9 Å². The van der Waals surface area contributed by atoms with Crippen LogP contribution in [0.25, 0.3) is 0 Å². The van der Waals surface area contributed by atoms with Gasteiger partial charge in [-0.2, -0.15) is 5.26 Å². The van der Waals surface area contributed by atoms with Crippen molar-refractivity contribution in [2.45, 2.75) is 31.7 Å². The third-order valence-corrected chi connectivity index (χ3v) is 4.02. The van der Waals surface area contributed by atoms with E-state index in [1.807, 2.05) is 6.07 Å². The summed E-state index contributed by atoms with van der Waals surface area (Å²) in [6.07, 6.45) is 6.59. The van der Waals surface area contributed by atoms with Gasteiger partial charge in [0.1, 0.15) is 11.8 Å². The Kier molecular flexibility index (Phi) is 4.53. The van der Waals surface area contributed by atoms with Crippen LogP contribution >= 0.6 is 0 Å². The molecule has 1 amide bonds. The van der Waals surface area contributed by atoms with E-state index in [9.17, 15) is 4.79 Å². The fourth-order valence-electron chi connectivity index (χ4n) is 2.80. The quantitative estimate of drug-likeness (QED) is 0.905. The van der Waals surface area contributed by atoms with Crippen molar-refractivity contribution in [2.75, 3.05) is 10.6 Å². The molecule has 0 bridgehead atoms. The zero-order chi connectivity index (χ0) is 16.1. The molecule has 1 aliphatic rings. The second-order valence-electron chi connectivity index (χ2n) is 5.67. The first-order valence-corrected chi connectivity index (χ1v) is 7.79. The Morgan fingerprint density at radius 1 is 1.17 bits per heavy atom. The lowest BCUT2D eigenvalue weighted by Crippen LogP contribution is -2.16. The van der Waals surface area contributed by atoms with Gasteiger partial charge in [-0.05, 0) is 37.1 Å². The minimum Gasteiger partial charge on any atom is -0.381 e. The molecule has 5 nitrogen and oxygen atoms in total. The van der Waals surface area contributed by atoms with Gasteiger partial charge >= 0.3 is 0 Å². The molecule has 5 heteroatoms. The van der Waals surface area contributed by atoms with E-state index in [1.165, 1.54) is 25.7 Å². The summed E-state index contributed by atoms with van der Waals surface area (Å²) < 4.78 is 0. The van der Waals surface area contributed by atoms with Crippen LogP contribution in [0.3, 0.4) is 0 Å². The first-order chi connectivity index (χ1) is 11.3. The number of aromatic nitrogens is 1. The summed E-state index contributed by atoms with van der Waals surface area (Å²) in [6.45, 7) is 0. The predicted molar refractivity (Wildman–Crippen MR) is 89.2 cm³/mol. The van der Waals surface area contributed by atoms with Crippen LogP contribution in [0.5, 0.6) is 0 Å². The summed E-state index contributed by atoms with van der Waals surface area (Å²) in [5, 5.41) is 15.2. The number of nitriles is 1. The molecule has 1 aromatic heterocycles. The fraction of sp³-hybridized carbons (Fsp3) is 0.278. The van der Waals surface area contributed by atoms with Crippen LogP contribution in [0.2, 0.25) is 0 Å². The van der Waals surface area contributed by atoms with Gasteiger partial charge in [-0.3, -0.25) is 4.79 Å². The summed E-state index contributed by atoms with van der Waals surface area (Å²) in [6, 6.07) is 13.0. The maximum Gasteiger partial charge on any atom is 0.274 e. The van der Waals surface area contributed by atoms with Crippen molar-refractivity contribution < 1.29 is 4.79 Å². The van der Waals surface area contributed by atoms with E-state index in [0.717, 1.165) is 5.69 Å². The summed E-state index contributed by atoms with van der Waals surface area (Å²) in [5.41, 5.74) is 2.19. The SMILES string of the molecule is N#Cc1ccccc1NC(=O)c1ccc(NC2CCCC2)cn1. The number of carbonyl (C=O) groups is 1. The number of hydrogen-bond donors (Lipinski definition) is 2. The minimum absolute atomic E-state index is 0.319. The summed E-state index contributed by atoms with van der Waals surface area (Å²) in [7, 11) is 0. The maximum atomic E-state index is 12.2. The van der Waals surface area contributed by atoms with E-state index < -0.39 is 0 Å².